The quantitative estimate of drug-likeness (QED) is 0.327. The second-order valence-corrected chi connectivity index (χ2v) is 8.83. The van der Waals surface area contributed by atoms with Crippen molar-refractivity contribution in [2.45, 2.75) is 19.9 Å². The van der Waals surface area contributed by atoms with E-state index in [0.717, 1.165) is 15.0 Å². The van der Waals surface area contributed by atoms with E-state index in [4.69, 9.17) is 0 Å². The van der Waals surface area contributed by atoms with Gasteiger partial charge in [0.2, 0.25) is 0 Å². The van der Waals surface area contributed by atoms with Crippen molar-refractivity contribution in [1.82, 2.24) is 4.98 Å². The number of aliphatic hydroxyl groups excluding tert-OH is 1. The summed E-state index contributed by atoms with van der Waals surface area (Å²) in [5.41, 5.74) is 2.06. The van der Waals surface area contributed by atoms with Crippen LogP contribution in [0.4, 0.5) is 5.13 Å². The van der Waals surface area contributed by atoms with Gasteiger partial charge in [0.15, 0.2) is 5.13 Å². The minimum atomic E-state index is -0.766. The van der Waals surface area contributed by atoms with Crippen LogP contribution in [0.3, 0.4) is 0 Å². The molecular formula is C22H17BrN2O3S. The molecule has 0 radical (unpaired) electrons. The first kappa shape index (κ1) is 19.5. The van der Waals surface area contributed by atoms with Crippen LogP contribution in [0.15, 0.2) is 64.6 Å². The molecule has 0 bridgehead atoms. The van der Waals surface area contributed by atoms with Crippen LogP contribution < -0.4 is 4.90 Å². The molecule has 1 amide bonds. The zero-order valence-corrected chi connectivity index (χ0v) is 18.1. The molecule has 1 fully saturated rings. The van der Waals surface area contributed by atoms with Crippen molar-refractivity contribution in [3.05, 3.63) is 86.3 Å². The molecule has 1 aromatic heterocycles. The number of anilines is 1. The number of carbonyl (C=O) groups excluding carboxylic acids is 2. The van der Waals surface area contributed by atoms with Gasteiger partial charge in [0.1, 0.15) is 5.76 Å². The summed E-state index contributed by atoms with van der Waals surface area (Å²) >= 11 is 4.81. The summed E-state index contributed by atoms with van der Waals surface area (Å²) in [6, 6.07) is 15.4. The van der Waals surface area contributed by atoms with E-state index in [-0.39, 0.29) is 11.3 Å². The number of aryl methyl sites for hydroxylation is 2. The first-order valence-corrected chi connectivity index (χ1v) is 10.6. The van der Waals surface area contributed by atoms with Gasteiger partial charge in [-0.2, -0.15) is 0 Å². The van der Waals surface area contributed by atoms with Crippen molar-refractivity contribution in [1.29, 1.82) is 0 Å². The lowest BCUT2D eigenvalue weighted by Crippen LogP contribution is -2.29. The Hall–Kier alpha value is -2.77. The molecule has 1 aliphatic rings. The highest BCUT2D eigenvalue weighted by atomic mass is 79.9. The highest BCUT2D eigenvalue weighted by Gasteiger charge is 2.48. The predicted molar refractivity (Wildman–Crippen MR) is 117 cm³/mol. The third-order valence-electron chi connectivity index (χ3n) is 4.88. The van der Waals surface area contributed by atoms with Crippen LogP contribution in [0.5, 0.6) is 0 Å². The summed E-state index contributed by atoms with van der Waals surface area (Å²) in [7, 11) is 0. The molecule has 2 aromatic carbocycles. The Morgan fingerprint density at radius 1 is 1.10 bits per heavy atom. The summed E-state index contributed by atoms with van der Waals surface area (Å²) in [4.78, 5) is 32.9. The van der Waals surface area contributed by atoms with Gasteiger partial charge in [0, 0.05) is 14.9 Å². The Bertz CT molecular complexity index is 1130. The minimum absolute atomic E-state index is 0.0600. The molecule has 0 aliphatic carbocycles. The molecule has 1 atom stereocenters. The summed E-state index contributed by atoms with van der Waals surface area (Å²) < 4.78 is 0.812. The van der Waals surface area contributed by atoms with Crippen molar-refractivity contribution in [3.8, 4) is 0 Å². The second kappa shape index (κ2) is 7.57. The standard InChI is InChI=1S/C22H17BrN2O3S/c1-12-13(2)29-22(24-12)25-18(15-9-6-10-16(23)11-15)17(20(27)21(25)28)19(26)14-7-4-3-5-8-14/h3-11,18,26H,1-2H3/b19-17+/t18-/m0/s1. The van der Waals surface area contributed by atoms with Gasteiger partial charge in [0.25, 0.3) is 5.78 Å². The number of rotatable bonds is 3. The van der Waals surface area contributed by atoms with E-state index in [2.05, 4.69) is 20.9 Å². The molecule has 1 N–H and O–H groups in total. The molecule has 0 saturated carbocycles. The van der Waals surface area contributed by atoms with E-state index in [9.17, 15) is 14.7 Å². The van der Waals surface area contributed by atoms with Crippen LogP contribution in [0, 0.1) is 13.8 Å². The van der Waals surface area contributed by atoms with E-state index in [1.165, 1.54) is 16.2 Å². The Balaban J connectivity index is 1.97. The lowest BCUT2D eigenvalue weighted by molar-refractivity contribution is -0.132. The number of halogens is 1. The van der Waals surface area contributed by atoms with Crippen molar-refractivity contribution in [3.63, 3.8) is 0 Å². The molecule has 3 aromatic rings. The summed E-state index contributed by atoms with van der Waals surface area (Å²) in [5, 5.41) is 11.4. The third kappa shape index (κ3) is 3.41. The number of hydrogen-bond acceptors (Lipinski definition) is 5. The van der Waals surface area contributed by atoms with E-state index >= 15 is 0 Å². The SMILES string of the molecule is Cc1nc(N2C(=O)C(=O)/C(=C(/O)c3ccccc3)[C@@H]2c2cccc(Br)c2)sc1C. The fraction of sp³-hybridized carbons (Fsp3) is 0.136. The summed E-state index contributed by atoms with van der Waals surface area (Å²) in [5.74, 6) is -1.61. The molecule has 2 heterocycles. The molecular weight excluding hydrogens is 452 g/mol. The zero-order chi connectivity index (χ0) is 20.7. The highest BCUT2D eigenvalue weighted by Crippen LogP contribution is 2.44. The molecule has 1 aliphatic heterocycles. The van der Waals surface area contributed by atoms with Crippen LogP contribution in [0.1, 0.15) is 27.7 Å². The van der Waals surface area contributed by atoms with E-state index in [1.54, 1.807) is 24.3 Å². The summed E-state index contributed by atoms with van der Waals surface area (Å²) in [6.45, 7) is 3.79. The van der Waals surface area contributed by atoms with Crippen LogP contribution in [-0.2, 0) is 9.59 Å². The van der Waals surface area contributed by atoms with Crippen molar-refractivity contribution in [2.24, 2.45) is 0 Å². The van der Waals surface area contributed by atoms with Gasteiger partial charge in [-0.15, -0.1) is 11.3 Å². The zero-order valence-electron chi connectivity index (χ0n) is 15.7. The first-order valence-electron chi connectivity index (χ1n) is 8.94. The largest absolute Gasteiger partial charge is 0.507 e. The van der Waals surface area contributed by atoms with Gasteiger partial charge in [-0.25, -0.2) is 4.98 Å². The fourth-order valence-corrected chi connectivity index (χ4v) is 4.69. The molecule has 1 saturated heterocycles. The Labute approximate surface area is 180 Å². The van der Waals surface area contributed by atoms with Crippen molar-refractivity contribution in [2.75, 3.05) is 4.90 Å². The molecule has 0 spiro atoms. The molecule has 0 unspecified atom stereocenters. The molecule has 29 heavy (non-hydrogen) atoms. The Morgan fingerprint density at radius 2 is 1.83 bits per heavy atom. The molecule has 7 heteroatoms. The average molecular weight is 469 g/mol. The number of amides is 1. The summed E-state index contributed by atoms with van der Waals surface area (Å²) in [6.07, 6.45) is 0. The lowest BCUT2D eigenvalue weighted by Gasteiger charge is -2.23. The predicted octanol–water partition coefficient (Wildman–Crippen LogP) is 5.15. The van der Waals surface area contributed by atoms with Gasteiger partial charge in [0.05, 0.1) is 17.3 Å². The number of Topliss-reactive ketones (excluding diaryl/α,β-unsaturated/α-hetero) is 1. The fourth-order valence-electron chi connectivity index (χ4n) is 3.33. The normalized spacial score (nSPS) is 18.4. The average Bonchev–Trinajstić information content (AvgIpc) is 3.18. The van der Waals surface area contributed by atoms with Gasteiger partial charge in [-0.1, -0.05) is 58.4 Å². The number of carbonyl (C=O) groups is 2. The smallest absolute Gasteiger partial charge is 0.301 e. The number of hydrogen-bond donors (Lipinski definition) is 1. The topological polar surface area (TPSA) is 70.5 Å². The monoisotopic (exact) mass is 468 g/mol. The number of nitrogens with zero attached hydrogens (tertiary/aromatic N) is 2. The highest BCUT2D eigenvalue weighted by molar-refractivity contribution is 9.10. The number of benzene rings is 2. The number of aliphatic hydroxyl groups is 1. The first-order chi connectivity index (χ1) is 13.9. The van der Waals surface area contributed by atoms with Crippen molar-refractivity contribution >= 4 is 49.8 Å². The molecule has 146 valence electrons. The van der Waals surface area contributed by atoms with Gasteiger partial charge in [-0.3, -0.25) is 14.5 Å². The molecule has 5 nitrogen and oxygen atoms in total. The maximum Gasteiger partial charge on any atom is 0.301 e. The van der Waals surface area contributed by atoms with Gasteiger partial charge in [-0.05, 0) is 31.5 Å². The van der Waals surface area contributed by atoms with E-state index in [0.29, 0.717) is 16.3 Å². The molecule has 4 rings (SSSR count). The number of thiazole rings is 1. The van der Waals surface area contributed by atoms with Crippen LogP contribution in [0.2, 0.25) is 0 Å². The number of aromatic nitrogens is 1. The lowest BCUT2D eigenvalue weighted by atomic mass is 9.95. The van der Waals surface area contributed by atoms with E-state index in [1.807, 2.05) is 44.2 Å². The van der Waals surface area contributed by atoms with Crippen molar-refractivity contribution < 1.29 is 14.7 Å². The Morgan fingerprint density at radius 3 is 2.45 bits per heavy atom. The van der Waals surface area contributed by atoms with Gasteiger partial charge >= 0.3 is 5.91 Å². The van der Waals surface area contributed by atoms with Crippen LogP contribution in [-0.4, -0.2) is 21.8 Å². The third-order valence-corrected chi connectivity index (χ3v) is 6.44. The maximum absolute atomic E-state index is 13.0. The van der Waals surface area contributed by atoms with Crippen LogP contribution in [0.25, 0.3) is 5.76 Å². The minimum Gasteiger partial charge on any atom is -0.507 e. The number of ketones is 1. The van der Waals surface area contributed by atoms with E-state index < -0.39 is 17.7 Å². The second-order valence-electron chi connectivity index (χ2n) is 6.73. The van der Waals surface area contributed by atoms with Gasteiger partial charge < -0.3 is 5.11 Å². The van der Waals surface area contributed by atoms with Crippen LogP contribution >= 0.6 is 27.3 Å². The maximum atomic E-state index is 13.0. The Kier molecular flexibility index (Phi) is 5.10.